The molecule has 0 saturated carbocycles. The number of halogens is 1. The minimum Gasteiger partial charge on any atom is -0.477 e. The van der Waals surface area contributed by atoms with Gasteiger partial charge in [0.1, 0.15) is 11.0 Å². The third kappa shape index (κ3) is 2.68. The van der Waals surface area contributed by atoms with Crippen LogP contribution in [0.15, 0.2) is 6.07 Å². The van der Waals surface area contributed by atoms with Gasteiger partial charge in [0.15, 0.2) is 5.69 Å². The lowest BCUT2D eigenvalue weighted by molar-refractivity contribution is 0.0689. The van der Waals surface area contributed by atoms with Crippen molar-refractivity contribution in [1.29, 1.82) is 0 Å². The van der Waals surface area contributed by atoms with E-state index in [2.05, 4.69) is 9.97 Å². The number of nitrogens with zero attached hydrogens (tertiary/aromatic N) is 2. The predicted molar refractivity (Wildman–Crippen MR) is 56.6 cm³/mol. The van der Waals surface area contributed by atoms with Gasteiger partial charge in [0.2, 0.25) is 0 Å². The van der Waals surface area contributed by atoms with Crippen LogP contribution in [0, 0.1) is 5.92 Å². The number of hydrogen-bond donors (Lipinski definition) is 1. The normalized spacial score (nSPS) is 19.9. The lowest BCUT2D eigenvalue weighted by Gasteiger charge is -2.06. The molecule has 16 heavy (non-hydrogen) atoms. The molecule has 0 radical (unpaired) electrons. The molecule has 1 saturated heterocycles. The van der Waals surface area contributed by atoms with Crippen LogP contribution in [0.3, 0.4) is 0 Å². The van der Waals surface area contributed by atoms with Crippen LogP contribution in [-0.2, 0) is 11.2 Å². The Labute approximate surface area is 97.4 Å². The van der Waals surface area contributed by atoms with Gasteiger partial charge in [-0.3, -0.25) is 0 Å². The van der Waals surface area contributed by atoms with Crippen LogP contribution in [0.5, 0.6) is 0 Å². The Balaban J connectivity index is 2.16. The van der Waals surface area contributed by atoms with Crippen molar-refractivity contribution in [3.63, 3.8) is 0 Å². The van der Waals surface area contributed by atoms with Crippen LogP contribution in [-0.4, -0.2) is 34.3 Å². The highest BCUT2D eigenvalue weighted by atomic mass is 35.5. The first-order valence-electron chi connectivity index (χ1n) is 4.99. The maximum Gasteiger partial charge on any atom is 0.354 e. The van der Waals surface area contributed by atoms with Gasteiger partial charge in [0, 0.05) is 25.7 Å². The fourth-order valence-electron chi connectivity index (χ4n) is 1.67. The van der Waals surface area contributed by atoms with Gasteiger partial charge < -0.3 is 9.84 Å². The predicted octanol–water partition coefficient (Wildman–Crippen LogP) is 1.41. The summed E-state index contributed by atoms with van der Waals surface area (Å²) in [7, 11) is 0. The van der Waals surface area contributed by atoms with E-state index in [0.29, 0.717) is 24.8 Å². The highest BCUT2D eigenvalue weighted by Gasteiger charge is 2.18. The molecular weight excluding hydrogens is 232 g/mol. The number of aromatic nitrogens is 2. The second-order valence-electron chi connectivity index (χ2n) is 3.73. The SMILES string of the molecule is O=C(O)c1cc(Cl)nc(CC2CCOC2)n1. The summed E-state index contributed by atoms with van der Waals surface area (Å²) in [5.74, 6) is -0.256. The first kappa shape index (κ1) is 11.3. The summed E-state index contributed by atoms with van der Waals surface area (Å²) in [5, 5.41) is 8.99. The minimum absolute atomic E-state index is 0.0612. The number of carbonyl (C=O) groups is 1. The maximum atomic E-state index is 10.8. The number of hydrogen-bond acceptors (Lipinski definition) is 4. The molecule has 1 atom stereocenters. The molecule has 86 valence electrons. The zero-order valence-electron chi connectivity index (χ0n) is 8.52. The second kappa shape index (κ2) is 4.76. The first-order chi connectivity index (χ1) is 7.65. The highest BCUT2D eigenvalue weighted by molar-refractivity contribution is 6.29. The van der Waals surface area contributed by atoms with Gasteiger partial charge in [0.25, 0.3) is 0 Å². The van der Waals surface area contributed by atoms with Crippen molar-refractivity contribution in [2.75, 3.05) is 13.2 Å². The van der Waals surface area contributed by atoms with E-state index in [-0.39, 0.29) is 10.8 Å². The van der Waals surface area contributed by atoms with Crippen molar-refractivity contribution < 1.29 is 14.6 Å². The largest absolute Gasteiger partial charge is 0.477 e. The number of rotatable bonds is 3. The molecule has 2 heterocycles. The van der Waals surface area contributed by atoms with E-state index in [4.69, 9.17) is 21.4 Å². The minimum atomic E-state index is -1.09. The second-order valence-corrected chi connectivity index (χ2v) is 4.12. The number of carboxylic acids is 1. The molecule has 0 amide bonds. The summed E-state index contributed by atoms with van der Waals surface area (Å²) in [6.07, 6.45) is 1.57. The number of ether oxygens (including phenoxy) is 1. The molecule has 6 heteroatoms. The summed E-state index contributed by atoms with van der Waals surface area (Å²) >= 11 is 5.73. The van der Waals surface area contributed by atoms with Crippen LogP contribution >= 0.6 is 11.6 Å². The van der Waals surface area contributed by atoms with Crippen molar-refractivity contribution in [3.8, 4) is 0 Å². The molecule has 1 unspecified atom stereocenters. The Morgan fingerprint density at radius 1 is 1.62 bits per heavy atom. The van der Waals surface area contributed by atoms with Gasteiger partial charge in [-0.15, -0.1) is 0 Å². The van der Waals surface area contributed by atoms with Crippen LogP contribution in [0.4, 0.5) is 0 Å². The molecule has 1 aromatic rings. The average molecular weight is 243 g/mol. The Morgan fingerprint density at radius 3 is 3.06 bits per heavy atom. The zero-order valence-corrected chi connectivity index (χ0v) is 9.28. The van der Waals surface area contributed by atoms with Gasteiger partial charge >= 0.3 is 5.97 Å². The molecule has 1 fully saturated rings. The van der Waals surface area contributed by atoms with Gasteiger partial charge in [-0.2, -0.15) is 0 Å². The Kier molecular flexibility index (Phi) is 3.36. The Morgan fingerprint density at radius 2 is 2.44 bits per heavy atom. The van der Waals surface area contributed by atoms with Gasteiger partial charge in [-0.1, -0.05) is 11.6 Å². The average Bonchev–Trinajstić information content (AvgIpc) is 2.69. The van der Waals surface area contributed by atoms with Crippen molar-refractivity contribution in [2.45, 2.75) is 12.8 Å². The van der Waals surface area contributed by atoms with E-state index < -0.39 is 5.97 Å². The third-order valence-electron chi connectivity index (χ3n) is 2.46. The molecule has 5 nitrogen and oxygen atoms in total. The Bertz CT molecular complexity index is 405. The van der Waals surface area contributed by atoms with Crippen molar-refractivity contribution in [1.82, 2.24) is 9.97 Å². The van der Waals surface area contributed by atoms with E-state index in [9.17, 15) is 4.79 Å². The Hall–Kier alpha value is -1.20. The maximum absolute atomic E-state index is 10.8. The number of carboxylic acid groups (broad SMARTS) is 1. The molecule has 0 aromatic carbocycles. The lowest BCUT2D eigenvalue weighted by Crippen LogP contribution is -2.10. The summed E-state index contributed by atoms with van der Waals surface area (Å²) in [5.41, 5.74) is -0.0612. The van der Waals surface area contributed by atoms with Crippen LogP contribution in [0.2, 0.25) is 5.15 Å². The fourth-order valence-corrected chi connectivity index (χ4v) is 1.87. The molecule has 0 aliphatic carbocycles. The summed E-state index contributed by atoms with van der Waals surface area (Å²) < 4.78 is 5.23. The van der Waals surface area contributed by atoms with Crippen LogP contribution in [0.25, 0.3) is 0 Å². The topological polar surface area (TPSA) is 72.3 Å². The summed E-state index contributed by atoms with van der Waals surface area (Å²) in [6.45, 7) is 1.43. The van der Waals surface area contributed by atoms with E-state index >= 15 is 0 Å². The summed E-state index contributed by atoms with van der Waals surface area (Å²) in [6, 6.07) is 1.25. The van der Waals surface area contributed by atoms with Gasteiger partial charge in [0.05, 0.1) is 0 Å². The van der Waals surface area contributed by atoms with Crippen molar-refractivity contribution in [2.24, 2.45) is 5.92 Å². The van der Waals surface area contributed by atoms with Gasteiger partial charge in [-0.25, -0.2) is 14.8 Å². The molecular formula is C10H11ClN2O3. The molecule has 0 spiro atoms. The van der Waals surface area contributed by atoms with Crippen molar-refractivity contribution >= 4 is 17.6 Å². The third-order valence-corrected chi connectivity index (χ3v) is 2.65. The molecule has 1 aliphatic rings. The number of aromatic carboxylic acids is 1. The lowest BCUT2D eigenvalue weighted by atomic mass is 10.0. The smallest absolute Gasteiger partial charge is 0.354 e. The fraction of sp³-hybridized carbons (Fsp3) is 0.500. The summed E-state index contributed by atoms with van der Waals surface area (Å²) in [4.78, 5) is 18.7. The quantitative estimate of drug-likeness (QED) is 0.812. The van der Waals surface area contributed by atoms with Crippen LogP contribution in [0.1, 0.15) is 22.7 Å². The van der Waals surface area contributed by atoms with E-state index in [1.54, 1.807) is 0 Å². The molecule has 1 aromatic heterocycles. The van der Waals surface area contributed by atoms with Crippen LogP contribution < -0.4 is 0 Å². The van der Waals surface area contributed by atoms with E-state index in [1.807, 2.05) is 0 Å². The van der Waals surface area contributed by atoms with E-state index in [0.717, 1.165) is 13.0 Å². The molecule has 1 aliphatic heterocycles. The monoisotopic (exact) mass is 242 g/mol. The molecule has 2 rings (SSSR count). The first-order valence-corrected chi connectivity index (χ1v) is 5.37. The zero-order chi connectivity index (χ0) is 11.5. The standard InChI is InChI=1S/C10H11ClN2O3/c11-8-4-7(10(14)15)12-9(13-8)3-6-1-2-16-5-6/h4,6H,1-3,5H2,(H,14,15). The van der Waals surface area contributed by atoms with Crippen molar-refractivity contribution in [3.05, 3.63) is 22.7 Å². The molecule has 0 bridgehead atoms. The van der Waals surface area contributed by atoms with Gasteiger partial charge in [-0.05, 0) is 12.3 Å². The van der Waals surface area contributed by atoms with E-state index in [1.165, 1.54) is 6.07 Å². The molecule has 1 N–H and O–H groups in total. The highest BCUT2D eigenvalue weighted by Crippen LogP contribution is 2.17.